The van der Waals surface area contributed by atoms with Crippen LogP contribution < -0.4 is 9.64 Å². The second-order valence-corrected chi connectivity index (χ2v) is 6.26. The first-order chi connectivity index (χ1) is 12.8. The molecule has 0 aromatic heterocycles. The Bertz CT molecular complexity index is 795. The summed E-state index contributed by atoms with van der Waals surface area (Å²) in [5.41, 5.74) is 1.35. The first kappa shape index (κ1) is 16.8. The number of ether oxygens (including phenoxy) is 2. The highest BCUT2D eigenvalue weighted by molar-refractivity contribution is 6.34. The Morgan fingerprint density at radius 1 is 0.885 bits per heavy atom. The van der Waals surface area contributed by atoms with E-state index in [1.807, 2.05) is 6.07 Å². The maximum Gasteiger partial charge on any atom is 0.266 e. The Morgan fingerprint density at radius 2 is 1.50 bits per heavy atom. The van der Waals surface area contributed by atoms with Crippen LogP contribution in [0.4, 0.5) is 5.69 Å². The summed E-state index contributed by atoms with van der Waals surface area (Å²) >= 11 is 0. The summed E-state index contributed by atoms with van der Waals surface area (Å²) in [6, 6.07) is 14.1. The highest BCUT2D eigenvalue weighted by Crippen LogP contribution is 2.34. The van der Waals surface area contributed by atoms with Gasteiger partial charge in [0.05, 0.1) is 30.0 Å². The van der Waals surface area contributed by atoms with Crippen molar-refractivity contribution in [2.45, 2.75) is 0 Å². The lowest BCUT2D eigenvalue weighted by Gasteiger charge is -2.26. The Balaban J connectivity index is 1.51. The summed E-state index contributed by atoms with van der Waals surface area (Å²) < 4.78 is 11.3. The Hall–Kier alpha value is -2.70. The number of hydrogen-bond donors (Lipinski definition) is 0. The van der Waals surface area contributed by atoms with Crippen LogP contribution in [0.1, 0.15) is 20.7 Å². The van der Waals surface area contributed by atoms with E-state index in [-0.39, 0.29) is 11.8 Å². The molecule has 2 aliphatic heterocycles. The largest absolute Gasteiger partial charge is 0.490 e. The molecule has 4 rings (SSSR count). The molecule has 0 atom stereocenters. The molecule has 1 fully saturated rings. The van der Waals surface area contributed by atoms with Crippen LogP contribution >= 0.6 is 0 Å². The van der Waals surface area contributed by atoms with Crippen LogP contribution in [-0.4, -0.2) is 56.2 Å². The van der Waals surface area contributed by atoms with Gasteiger partial charge in [-0.1, -0.05) is 24.3 Å². The van der Waals surface area contributed by atoms with Crippen LogP contribution in [0.5, 0.6) is 5.75 Å². The van der Waals surface area contributed by atoms with E-state index in [1.165, 1.54) is 4.90 Å². The van der Waals surface area contributed by atoms with Gasteiger partial charge in [-0.25, -0.2) is 4.90 Å². The molecule has 26 heavy (non-hydrogen) atoms. The number of carbonyl (C=O) groups is 2. The molecule has 2 aliphatic rings. The molecule has 1 saturated heterocycles. The Morgan fingerprint density at radius 3 is 2.19 bits per heavy atom. The number of nitrogens with zero attached hydrogens (tertiary/aromatic N) is 2. The van der Waals surface area contributed by atoms with Crippen molar-refractivity contribution in [1.82, 2.24) is 4.90 Å². The molecule has 2 aromatic rings. The lowest BCUT2D eigenvalue weighted by Crippen LogP contribution is -2.38. The lowest BCUT2D eigenvalue weighted by molar-refractivity contribution is 0.0322. The molecule has 0 N–H and O–H groups in total. The van der Waals surface area contributed by atoms with Crippen LogP contribution in [0, 0.1) is 0 Å². The van der Waals surface area contributed by atoms with Gasteiger partial charge in [-0.05, 0) is 24.3 Å². The van der Waals surface area contributed by atoms with Crippen LogP contribution in [-0.2, 0) is 4.74 Å². The van der Waals surface area contributed by atoms with E-state index in [9.17, 15) is 9.59 Å². The quantitative estimate of drug-likeness (QED) is 0.772. The van der Waals surface area contributed by atoms with E-state index < -0.39 is 0 Å². The van der Waals surface area contributed by atoms with Crippen LogP contribution in [0.2, 0.25) is 0 Å². The fourth-order valence-corrected chi connectivity index (χ4v) is 3.28. The number of carbonyl (C=O) groups excluding carboxylic acids is 2. The number of fused-ring (bicyclic) bond motifs is 1. The SMILES string of the molecule is O=C1c2ccccc2C(=O)N1c1ccccc1OCCN1CCOCC1. The van der Waals surface area contributed by atoms with Crippen molar-refractivity contribution < 1.29 is 19.1 Å². The highest BCUT2D eigenvalue weighted by Gasteiger charge is 2.37. The minimum absolute atomic E-state index is 0.310. The van der Waals surface area contributed by atoms with E-state index in [1.54, 1.807) is 42.5 Å². The third-order valence-electron chi connectivity index (χ3n) is 4.67. The van der Waals surface area contributed by atoms with Crippen LogP contribution in [0.15, 0.2) is 48.5 Å². The molecule has 6 nitrogen and oxygen atoms in total. The number of anilines is 1. The predicted octanol–water partition coefficient (Wildman–Crippen LogP) is 2.20. The van der Waals surface area contributed by atoms with Crippen molar-refractivity contribution >= 4 is 17.5 Å². The molecule has 0 radical (unpaired) electrons. The smallest absolute Gasteiger partial charge is 0.266 e. The number of imide groups is 1. The topological polar surface area (TPSA) is 59.1 Å². The molecule has 0 spiro atoms. The molecule has 134 valence electrons. The third kappa shape index (κ3) is 3.09. The third-order valence-corrected chi connectivity index (χ3v) is 4.67. The molecule has 2 aromatic carbocycles. The van der Waals surface area contributed by atoms with E-state index in [0.29, 0.717) is 29.2 Å². The second kappa shape index (κ2) is 7.27. The van der Waals surface area contributed by atoms with Gasteiger partial charge in [0, 0.05) is 19.6 Å². The number of para-hydroxylation sites is 2. The Kier molecular flexibility index (Phi) is 4.69. The number of rotatable bonds is 5. The number of morpholine rings is 1. The Labute approximate surface area is 151 Å². The van der Waals surface area contributed by atoms with Gasteiger partial charge in [0.15, 0.2) is 0 Å². The van der Waals surface area contributed by atoms with Crippen LogP contribution in [0.3, 0.4) is 0 Å². The summed E-state index contributed by atoms with van der Waals surface area (Å²) in [5.74, 6) is -0.0834. The molecule has 0 saturated carbocycles. The van der Waals surface area contributed by atoms with Crippen molar-refractivity contribution in [3.8, 4) is 5.75 Å². The number of hydrogen-bond acceptors (Lipinski definition) is 5. The molecule has 0 unspecified atom stereocenters. The summed E-state index contributed by atoms with van der Waals surface area (Å²) in [4.78, 5) is 28.9. The van der Waals surface area contributed by atoms with Crippen molar-refractivity contribution in [3.63, 3.8) is 0 Å². The molecule has 0 aliphatic carbocycles. The van der Waals surface area contributed by atoms with Gasteiger partial charge in [-0.3, -0.25) is 14.5 Å². The molecular formula is C20H20N2O4. The van der Waals surface area contributed by atoms with E-state index in [2.05, 4.69) is 4.90 Å². The van der Waals surface area contributed by atoms with Crippen molar-refractivity contribution in [1.29, 1.82) is 0 Å². The summed E-state index contributed by atoms with van der Waals surface area (Å²) in [7, 11) is 0. The average molecular weight is 352 g/mol. The van der Waals surface area contributed by atoms with E-state index in [4.69, 9.17) is 9.47 Å². The monoisotopic (exact) mass is 352 g/mol. The van der Waals surface area contributed by atoms with Gasteiger partial charge < -0.3 is 9.47 Å². The minimum Gasteiger partial charge on any atom is -0.490 e. The molecule has 2 heterocycles. The zero-order valence-corrected chi connectivity index (χ0v) is 14.4. The fraction of sp³-hybridized carbons (Fsp3) is 0.300. The van der Waals surface area contributed by atoms with E-state index >= 15 is 0 Å². The predicted molar refractivity (Wildman–Crippen MR) is 96.8 cm³/mol. The first-order valence-electron chi connectivity index (χ1n) is 8.75. The van der Waals surface area contributed by atoms with Gasteiger partial charge >= 0.3 is 0 Å². The van der Waals surface area contributed by atoms with Gasteiger partial charge in [-0.2, -0.15) is 0 Å². The van der Waals surface area contributed by atoms with Crippen molar-refractivity contribution in [2.24, 2.45) is 0 Å². The average Bonchev–Trinajstić information content (AvgIpc) is 2.94. The van der Waals surface area contributed by atoms with Gasteiger partial charge in [0.1, 0.15) is 12.4 Å². The van der Waals surface area contributed by atoms with Gasteiger partial charge in [0.25, 0.3) is 11.8 Å². The zero-order valence-electron chi connectivity index (χ0n) is 14.4. The molecule has 2 amide bonds. The lowest BCUT2D eigenvalue weighted by atomic mass is 10.1. The molecule has 6 heteroatoms. The number of benzene rings is 2. The molecular weight excluding hydrogens is 332 g/mol. The fourth-order valence-electron chi connectivity index (χ4n) is 3.28. The minimum atomic E-state index is -0.310. The summed E-state index contributed by atoms with van der Waals surface area (Å²) in [6.45, 7) is 4.53. The molecule has 0 bridgehead atoms. The second-order valence-electron chi connectivity index (χ2n) is 6.26. The summed E-state index contributed by atoms with van der Waals surface area (Å²) in [6.07, 6.45) is 0. The van der Waals surface area contributed by atoms with Gasteiger partial charge in [0.2, 0.25) is 0 Å². The number of amides is 2. The van der Waals surface area contributed by atoms with Gasteiger partial charge in [-0.15, -0.1) is 0 Å². The van der Waals surface area contributed by atoms with E-state index in [0.717, 1.165) is 32.8 Å². The normalized spacial score (nSPS) is 17.5. The standard InChI is InChI=1S/C20H20N2O4/c23-19-15-5-1-2-6-16(15)20(24)22(19)17-7-3-4-8-18(17)26-14-11-21-9-12-25-13-10-21/h1-8H,9-14H2. The van der Waals surface area contributed by atoms with Crippen LogP contribution in [0.25, 0.3) is 0 Å². The van der Waals surface area contributed by atoms with Crippen molar-refractivity contribution in [3.05, 3.63) is 59.7 Å². The maximum absolute atomic E-state index is 12.7. The van der Waals surface area contributed by atoms with Crippen molar-refractivity contribution in [2.75, 3.05) is 44.4 Å². The maximum atomic E-state index is 12.7. The highest BCUT2D eigenvalue weighted by atomic mass is 16.5. The first-order valence-corrected chi connectivity index (χ1v) is 8.75. The zero-order chi connectivity index (χ0) is 17.9. The summed E-state index contributed by atoms with van der Waals surface area (Å²) in [5, 5.41) is 0.